The summed E-state index contributed by atoms with van der Waals surface area (Å²) in [5.41, 5.74) is 1.02. The van der Waals surface area contributed by atoms with Crippen LogP contribution in [0.3, 0.4) is 0 Å². The van der Waals surface area contributed by atoms with E-state index in [0.717, 1.165) is 25.7 Å². The maximum absolute atomic E-state index is 14.1. The SMILES string of the molecule is COc1ccc([C@H](C(=O)NC2CCCC2)N(C(=O)Cn2nnc(-c3ccc(C)o3)n2)c2ccc(Cl)cc2)cc1OC. The lowest BCUT2D eigenvalue weighted by Gasteiger charge is -2.32. The molecule has 2 aromatic heterocycles. The Morgan fingerprint density at radius 1 is 1.07 bits per heavy atom. The monoisotopic (exact) mass is 578 g/mol. The van der Waals surface area contributed by atoms with Gasteiger partial charge < -0.3 is 19.2 Å². The second-order valence-electron chi connectivity index (χ2n) is 9.80. The molecule has 214 valence electrons. The standard InChI is InChI=1S/C29H31ClN6O5/c1-18-8-14-24(41-18)28-32-34-35(33-28)17-26(37)36(22-12-10-20(30)11-13-22)27(29(38)31-21-6-4-5-7-21)19-9-15-23(39-2)25(16-19)40-3/h8-16,21,27H,4-7,17H2,1-3H3,(H,31,38)/t27-/m1/s1. The number of carbonyl (C=O) groups is 2. The number of nitrogens with one attached hydrogen (secondary N) is 1. The number of methoxy groups -OCH3 is 2. The van der Waals surface area contributed by atoms with Gasteiger partial charge in [-0.15, -0.1) is 10.2 Å². The molecule has 0 aliphatic heterocycles. The molecule has 0 bridgehead atoms. The minimum atomic E-state index is -1.04. The van der Waals surface area contributed by atoms with Gasteiger partial charge in [-0.2, -0.15) is 4.80 Å². The molecule has 1 saturated carbocycles. The number of furan rings is 1. The first-order valence-electron chi connectivity index (χ1n) is 13.3. The van der Waals surface area contributed by atoms with Crippen LogP contribution in [0.1, 0.15) is 43.0 Å². The smallest absolute Gasteiger partial charge is 0.251 e. The fraction of sp³-hybridized carbons (Fsp3) is 0.345. The van der Waals surface area contributed by atoms with Crippen LogP contribution in [0.15, 0.2) is 59.0 Å². The lowest BCUT2D eigenvalue weighted by Crippen LogP contribution is -2.47. The molecule has 2 heterocycles. The number of rotatable bonds is 10. The molecule has 5 rings (SSSR count). The molecule has 1 atom stereocenters. The summed E-state index contributed by atoms with van der Waals surface area (Å²) in [5, 5.41) is 16.1. The van der Waals surface area contributed by atoms with Gasteiger partial charge in [-0.3, -0.25) is 14.5 Å². The summed E-state index contributed by atoms with van der Waals surface area (Å²) in [6, 6.07) is 14.4. The van der Waals surface area contributed by atoms with Gasteiger partial charge in [-0.05, 0) is 79.1 Å². The average molecular weight is 579 g/mol. The Morgan fingerprint density at radius 3 is 2.46 bits per heavy atom. The highest BCUT2D eigenvalue weighted by atomic mass is 35.5. The van der Waals surface area contributed by atoms with Crippen molar-refractivity contribution in [2.75, 3.05) is 19.1 Å². The summed E-state index contributed by atoms with van der Waals surface area (Å²) in [5.74, 6) is 1.58. The van der Waals surface area contributed by atoms with E-state index in [1.807, 2.05) is 6.92 Å². The van der Waals surface area contributed by atoms with Gasteiger partial charge in [-0.25, -0.2) is 0 Å². The van der Waals surface area contributed by atoms with Crippen molar-refractivity contribution < 1.29 is 23.5 Å². The third-order valence-electron chi connectivity index (χ3n) is 7.00. The van der Waals surface area contributed by atoms with Gasteiger partial charge in [0.15, 0.2) is 17.3 Å². The fourth-order valence-electron chi connectivity index (χ4n) is 4.99. The van der Waals surface area contributed by atoms with Gasteiger partial charge in [0.05, 0.1) is 14.2 Å². The first kappa shape index (κ1) is 28.2. The van der Waals surface area contributed by atoms with Crippen LogP contribution in [-0.2, 0) is 16.1 Å². The first-order valence-corrected chi connectivity index (χ1v) is 13.7. The van der Waals surface area contributed by atoms with Crippen LogP contribution in [0, 0.1) is 6.92 Å². The van der Waals surface area contributed by atoms with E-state index in [1.165, 1.54) is 23.9 Å². The van der Waals surface area contributed by atoms with Crippen molar-refractivity contribution >= 4 is 29.1 Å². The number of aromatic nitrogens is 4. The van der Waals surface area contributed by atoms with Crippen molar-refractivity contribution in [1.29, 1.82) is 0 Å². The number of hydrogen-bond acceptors (Lipinski definition) is 8. The summed E-state index contributed by atoms with van der Waals surface area (Å²) in [4.78, 5) is 30.7. The highest BCUT2D eigenvalue weighted by Crippen LogP contribution is 2.35. The summed E-state index contributed by atoms with van der Waals surface area (Å²) >= 11 is 6.18. The maximum atomic E-state index is 14.1. The molecule has 12 heteroatoms. The van der Waals surface area contributed by atoms with E-state index in [1.54, 1.807) is 54.6 Å². The van der Waals surface area contributed by atoms with Crippen LogP contribution in [0.2, 0.25) is 5.02 Å². The van der Waals surface area contributed by atoms with Crippen LogP contribution in [-0.4, -0.2) is 52.3 Å². The van der Waals surface area contributed by atoms with Gasteiger partial charge in [-0.1, -0.05) is 30.5 Å². The molecule has 0 unspecified atom stereocenters. The lowest BCUT2D eigenvalue weighted by molar-refractivity contribution is -0.127. The number of benzene rings is 2. The second kappa shape index (κ2) is 12.4. The summed E-state index contributed by atoms with van der Waals surface area (Å²) in [6.45, 7) is 1.53. The Hall–Kier alpha value is -4.38. The highest BCUT2D eigenvalue weighted by molar-refractivity contribution is 6.30. The van der Waals surface area contributed by atoms with Crippen molar-refractivity contribution in [2.24, 2.45) is 0 Å². The number of tetrazole rings is 1. The predicted molar refractivity (Wildman–Crippen MR) is 152 cm³/mol. The van der Waals surface area contributed by atoms with E-state index >= 15 is 0 Å². The third-order valence-corrected chi connectivity index (χ3v) is 7.25. The number of carbonyl (C=O) groups excluding carboxylic acids is 2. The normalized spacial score (nSPS) is 14.0. The van der Waals surface area contributed by atoms with Crippen molar-refractivity contribution in [3.8, 4) is 23.1 Å². The number of anilines is 1. The molecule has 41 heavy (non-hydrogen) atoms. The molecular weight excluding hydrogens is 548 g/mol. The largest absolute Gasteiger partial charge is 0.493 e. The Morgan fingerprint density at radius 2 is 1.80 bits per heavy atom. The maximum Gasteiger partial charge on any atom is 0.251 e. The van der Waals surface area contributed by atoms with Crippen molar-refractivity contribution in [3.63, 3.8) is 0 Å². The topological polar surface area (TPSA) is 125 Å². The number of nitrogens with zero attached hydrogens (tertiary/aromatic N) is 5. The molecule has 2 aromatic carbocycles. The molecule has 11 nitrogen and oxygen atoms in total. The molecule has 1 N–H and O–H groups in total. The Labute approximate surface area is 242 Å². The van der Waals surface area contributed by atoms with E-state index in [0.29, 0.717) is 39.3 Å². The van der Waals surface area contributed by atoms with Crippen LogP contribution in [0.25, 0.3) is 11.6 Å². The second-order valence-corrected chi connectivity index (χ2v) is 10.2. The van der Waals surface area contributed by atoms with E-state index in [4.69, 9.17) is 25.5 Å². The highest BCUT2D eigenvalue weighted by Gasteiger charge is 2.35. The first-order chi connectivity index (χ1) is 19.9. The zero-order valence-corrected chi connectivity index (χ0v) is 23.8. The minimum absolute atomic E-state index is 0.0311. The van der Waals surface area contributed by atoms with Crippen LogP contribution in [0.5, 0.6) is 11.5 Å². The fourth-order valence-corrected chi connectivity index (χ4v) is 5.12. The van der Waals surface area contributed by atoms with Crippen LogP contribution in [0.4, 0.5) is 5.69 Å². The van der Waals surface area contributed by atoms with Gasteiger partial charge in [0, 0.05) is 16.8 Å². The van der Waals surface area contributed by atoms with Crippen LogP contribution < -0.4 is 19.7 Å². The molecular formula is C29H31ClN6O5. The zero-order chi connectivity index (χ0) is 28.9. The van der Waals surface area contributed by atoms with Crippen LogP contribution >= 0.6 is 11.6 Å². The van der Waals surface area contributed by atoms with Gasteiger partial charge in [0.2, 0.25) is 11.7 Å². The van der Waals surface area contributed by atoms with E-state index in [9.17, 15) is 9.59 Å². The van der Waals surface area contributed by atoms with Crippen molar-refractivity contribution in [3.05, 3.63) is 70.9 Å². The average Bonchev–Trinajstić information content (AvgIpc) is 3.75. The Balaban J connectivity index is 1.54. The molecule has 4 aromatic rings. The predicted octanol–water partition coefficient (Wildman–Crippen LogP) is 4.75. The molecule has 0 spiro atoms. The number of amides is 2. The van der Waals surface area contributed by atoms with Crippen molar-refractivity contribution in [2.45, 2.75) is 51.2 Å². The molecule has 0 radical (unpaired) electrons. The Kier molecular flexibility index (Phi) is 8.53. The molecule has 2 amide bonds. The summed E-state index contributed by atoms with van der Waals surface area (Å²) in [6.07, 6.45) is 3.86. The van der Waals surface area contributed by atoms with Gasteiger partial charge in [0.1, 0.15) is 18.3 Å². The van der Waals surface area contributed by atoms with Gasteiger partial charge in [0.25, 0.3) is 5.91 Å². The lowest BCUT2D eigenvalue weighted by atomic mass is 10.0. The number of hydrogen-bond donors (Lipinski definition) is 1. The molecule has 1 fully saturated rings. The quantitative estimate of drug-likeness (QED) is 0.286. The van der Waals surface area contributed by atoms with Gasteiger partial charge >= 0.3 is 0 Å². The van der Waals surface area contributed by atoms with E-state index in [2.05, 4.69) is 20.7 Å². The number of aryl methyl sites for hydroxylation is 1. The minimum Gasteiger partial charge on any atom is -0.493 e. The molecule has 1 aliphatic rings. The van der Waals surface area contributed by atoms with E-state index in [-0.39, 0.29) is 24.3 Å². The number of ether oxygens (including phenoxy) is 2. The Bertz CT molecular complexity index is 1510. The number of halogens is 1. The van der Waals surface area contributed by atoms with Crippen molar-refractivity contribution in [1.82, 2.24) is 25.5 Å². The molecule has 1 aliphatic carbocycles. The third kappa shape index (κ3) is 6.35. The van der Waals surface area contributed by atoms with E-state index < -0.39 is 11.9 Å². The molecule has 0 saturated heterocycles. The summed E-state index contributed by atoms with van der Waals surface area (Å²) in [7, 11) is 3.06. The zero-order valence-electron chi connectivity index (χ0n) is 23.0. The summed E-state index contributed by atoms with van der Waals surface area (Å²) < 4.78 is 16.5.